The van der Waals surface area contributed by atoms with Crippen LogP contribution >= 0.6 is 0 Å². The second kappa shape index (κ2) is 6.44. The average Bonchev–Trinajstić information content (AvgIpc) is 2.45. The quantitative estimate of drug-likeness (QED) is 0.923. The lowest BCUT2D eigenvalue weighted by Gasteiger charge is -2.12. The summed E-state index contributed by atoms with van der Waals surface area (Å²) in [6, 6.07) is 11.8. The van der Waals surface area contributed by atoms with Crippen molar-refractivity contribution >= 4 is 11.6 Å². The van der Waals surface area contributed by atoms with Gasteiger partial charge in [-0.15, -0.1) is 0 Å². The minimum atomic E-state index is -0.149. The first-order valence-corrected chi connectivity index (χ1v) is 7.03. The zero-order chi connectivity index (χ0) is 15.4. The standard InChI is InChI=1S/C18H21NO2/c1-12-8-9-14(3)17(10-12)21-11-18(20)19-16-7-5-6-13(2)15(16)4/h5-10H,11H2,1-4H3,(H,19,20). The van der Waals surface area contributed by atoms with Crippen molar-refractivity contribution < 1.29 is 9.53 Å². The van der Waals surface area contributed by atoms with Gasteiger partial charge in [0.25, 0.3) is 5.91 Å². The first-order valence-electron chi connectivity index (χ1n) is 7.03. The number of hydrogen-bond donors (Lipinski definition) is 1. The van der Waals surface area contributed by atoms with Crippen molar-refractivity contribution in [2.75, 3.05) is 11.9 Å². The Hall–Kier alpha value is -2.29. The van der Waals surface area contributed by atoms with Crippen LogP contribution in [0, 0.1) is 27.7 Å². The second-order valence-electron chi connectivity index (χ2n) is 5.35. The Bertz CT molecular complexity index is 662. The normalized spacial score (nSPS) is 10.3. The Morgan fingerprint density at radius 1 is 1.05 bits per heavy atom. The minimum absolute atomic E-state index is 0.0116. The number of rotatable bonds is 4. The molecule has 0 aliphatic rings. The lowest BCUT2D eigenvalue weighted by atomic mass is 10.1. The molecule has 0 aliphatic heterocycles. The molecule has 0 saturated carbocycles. The Balaban J connectivity index is 1.99. The van der Waals surface area contributed by atoms with Gasteiger partial charge in [0.15, 0.2) is 6.61 Å². The van der Waals surface area contributed by atoms with E-state index in [9.17, 15) is 4.79 Å². The van der Waals surface area contributed by atoms with E-state index in [-0.39, 0.29) is 12.5 Å². The molecule has 0 aromatic heterocycles. The summed E-state index contributed by atoms with van der Waals surface area (Å²) in [6.45, 7) is 8.01. The summed E-state index contributed by atoms with van der Waals surface area (Å²) in [4.78, 5) is 12.0. The number of amides is 1. The van der Waals surface area contributed by atoms with E-state index in [2.05, 4.69) is 5.32 Å². The molecule has 3 heteroatoms. The van der Waals surface area contributed by atoms with Crippen LogP contribution in [0.3, 0.4) is 0 Å². The first-order chi connectivity index (χ1) is 9.97. The minimum Gasteiger partial charge on any atom is -0.483 e. The van der Waals surface area contributed by atoms with Crippen LogP contribution in [-0.2, 0) is 4.79 Å². The van der Waals surface area contributed by atoms with E-state index >= 15 is 0 Å². The molecule has 0 bridgehead atoms. The highest BCUT2D eigenvalue weighted by molar-refractivity contribution is 5.92. The summed E-state index contributed by atoms with van der Waals surface area (Å²) >= 11 is 0. The van der Waals surface area contributed by atoms with Crippen LogP contribution < -0.4 is 10.1 Å². The van der Waals surface area contributed by atoms with Crippen LogP contribution in [0.2, 0.25) is 0 Å². The molecular weight excluding hydrogens is 262 g/mol. The van der Waals surface area contributed by atoms with Gasteiger partial charge in [0.05, 0.1) is 0 Å². The van der Waals surface area contributed by atoms with Crippen LogP contribution in [0.5, 0.6) is 5.75 Å². The molecule has 0 radical (unpaired) electrons. The molecule has 2 rings (SSSR count). The van der Waals surface area contributed by atoms with Crippen LogP contribution in [0.15, 0.2) is 36.4 Å². The van der Waals surface area contributed by atoms with Gasteiger partial charge in [0.2, 0.25) is 0 Å². The van der Waals surface area contributed by atoms with E-state index < -0.39 is 0 Å². The Labute approximate surface area is 126 Å². The van der Waals surface area contributed by atoms with E-state index in [0.717, 1.165) is 33.7 Å². The smallest absolute Gasteiger partial charge is 0.262 e. The van der Waals surface area contributed by atoms with Crippen molar-refractivity contribution in [2.45, 2.75) is 27.7 Å². The van der Waals surface area contributed by atoms with Gasteiger partial charge in [0, 0.05) is 5.69 Å². The maximum absolute atomic E-state index is 12.0. The van der Waals surface area contributed by atoms with Crippen molar-refractivity contribution in [1.82, 2.24) is 0 Å². The molecule has 0 unspecified atom stereocenters. The molecule has 0 fully saturated rings. The molecule has 3 nitrogen and oxygen atoms in total. The van der Waals surface area contributed by atoms with Crippen molar-refractivity contribution in [3.05, 3.63) is 58.7 Å². The second-order valence-corrected chi connectivity index (χ2v) is 5.35. The van der Waals surface area contributed by atoms with E-state index in [4.69, 9.17) is 4.74 Å². The molecular formula is C18H21NO2. The Morgan fingerprint density at radius 2 is 1.81 bits per heavy atom. The highest BCUT2D eigenvalue weighted by atomic mass is 16.5. The third kappa shape index (κ3) is 3.85. The zero-order valence-electron chi connectivity index (χ0n) is 13.0. The number of carbonyl (C=O) groups is 1. The molecule has 0 heterocycles. The third-order valence-corrected chi connectivity index (χ3v) is 3.58. The fourth-order valence-corrected chi connectivity index (χ4v) is 2.08. The van der Waals surface area contributed by atoms with Gasteiger partial charge in [-0.25, -0.2) is 0 Å². The number of aryl methyl sites for hydroxylation is 3. The zero-order valence-corrected chi connectivity index (χ0v) is 13.0. The SMILES string of the molecule is Cc1ccc(C)c(OCC(=O)Nc2cccc(C)c2C)c1. The van der Waals surface area contributed by atoms with Gasteiger partial charge in [-0.1, -0.05) is 24.3 Å². The summed E-state index contributed by atoms with van der Waals surface area (Å²) in [5, 5.41) is 2.89. The maximum Gasteiger partial charge on any atom is 0.262 e. The van der Waals surface area contributed by atoms with Crippen LogP contribution in [0.4, 0.5) is 5.69 Å². The van der Waals surface area contributed by atoms with Gasteiger partial charge >= 0.3 is 0 Å². The van der Waals surface area contributed by atoms with Crippen LogP contribution in [0.1, 0.15) is 22.3 Å². The Morgan fingerprint density at radius 3 is 2.57 bits per heavy atom. The molecule has 0 atom stereocenters. The predicted molar refractivity (Wildman–Crippen MR) is 86.0 cm³/mol. The number of anilines is 1. The summed E-state index contributed by atoms with van der Waals surface area (Å²) in [7, 11) is 0. The highest BCUT2D eigenvalue weighted by Gasteiger charge is 2.08. The van der Waals surface area contributed by atoms with E-state index in [1.807, 2.05) is 64.1 Å². The van der Waals surface area contributed by atoms with Crippen molar-refractivity contribution in [3.63, 3.8) is 0 Å². The molecule has 21 heavy (non-hydrogen) atoms. The third-order valence-electron chi connectivity index (χ3n) is 3.58. The molecule has 0 saturated heterocycles. The number of carbonyl (C=O) groups excluding carboxylic acids is 1. The van der Waals surface area contributed by atoms with Gasteiger partial charge < -0.3 is 10.1 Å². The van der Waals surface area contributed by atoms with E-state index in [1.54, 1.807) is 0 Å². The molecule has 2 aromatic rings. The first kappa shape index (κ1) is 15.1. The summed E-state index contributed by atoms with van der Waals surface area (Å²) in [5.41, 5.74) is 5.22. The lowest BCUT2D eigenvalue weighted by molar-refractivity contribution is -0.118. The fourth-order valence-electron chi connectivity index (χ4n) is 2.08. The van der Waals surface area contributed by atoms with Crippen LogP contribution in [-0.4, -0.2) is 12.5 Å². The largest absolute Gasteiger partial charge is 0.483 e. The monoisotopic (exact) mass is 283 g/mol. The van der Waals surface area contributed by atoms with Gasteiger partial charge in [-0.2, -0.15) is 0 Å². The molecule has 1 amide bonds. The number of ether oxygens (including phenoxy) is 1. The number of nitrogens with one attached hydrogen (secondary N) is 1. The van der Waals surface area contributed by atoms with Gasteiger partial charge in [0.1, 0.15) is 5.75 Å². The predicted octanol–water partition coefficient (Wildman–Crippen LogP) is 3.94. The number of hydrogen-bond acceptors (Lipinski definition) is 2. The van der Waals surface area contributed by atoms with E-state index in [0.29, 0.717) is 0 Å². The Kier molecular flexibility index (Phi) is 4.63. The van der Waals surface area contributed by atoms with Crippen molar-refractivity contribution in [2.24, 2.45) is 0 Å². The molecule has 0 spiro atoms. The topological polar surface area (TPSA) is 38.3 Å². The maximum atomic E-state index is 12.0. The van der Waals surface area contributed by atoms with Gasteiger partial charge in [-0.3, -0.25) is 4.79 Å². The van der Waals surface area contributed by atoms with E-state index in [1.165, 1.54) is 0 Å². The van der Waals surface area contributed by atoms with Gasteiger partial charge in [-0.05, 0) is 62.1 Å². The molecule has 110 valence electrons. The summed E-state index contributed by atoms with van der Waals surface area (Å²) < 4.78 is 5.61. The van der Waals surface area contributed by atoms with Crippen molar-refractivity contribution in [1.29, 1.82) is 0 Å². The van der Waals surface area contributed by atoms with Crippen LogP contribution in [0.25, 0.3) is 0 Å². The molecule has 2 aromatic carbocycles. The molecule has 1 N–H and O–H groups in total. The summed E-state index contributed by atoms with van der Waals surface area (Å²) in [5.74, 6) is 0.607. The average molecular weight is 283 g/mol. The number of benzene rings is 2. The lowest BCUT2D eigenvalue weighted by Crippen LogP contribution is -2.21. The molecule has 0 aliphatic carbocycles. The summed E-state index contributed by atoms with van der Waals surface area (Å²) in [6.07, 6.45) is 0. The van der Waals surface area contributed by atoms with Crippen molar-refractivity contribution in [3.8, 4) is 5.75 Å². The fraction of sp³-hybridized carbons (Fsp3) is 0.278. The highest BCUT2D eigenvalue weighted by Crippen LogP contribution is 2.20.